The van der Waals surface area contributed by atoms with Gasteiger partial charge in [-0.15, -0.1) is 0 Å². The summed E-state index contributed by atoms with van der Waals surface area (Å²) in [6, 6.07) is 3.72. The van der Waals surface area contributed by atoms with Crippen LogP contribution in [0.15, 0.2) is 18.3 Å². The van der Waals surface area contributed by atoms with E-state index in [9.17, 15) is 4.79 Å². The molecule has 0 aliphatic carbocycles. The lowest BCUT2D eigenvalue weighted by atomic mass is 10.2. The lowest BCUT2D eigenvalue weighted by molar-refractivity contribution is -0.118. The third-order valence-electron chi connectivity index (χ3n) is 2.42. The van der Waals surface area contributed by atoms with Crippen LogP contribution in [-0.2, 0) is 4.79 Å². The molecule has 0 saturated heterocycles. The summed E-state index contributed by atoms with van der Waals surface area (Å²) >= 11 is 0. The smallest absolute Gasteiger partial charge is 0.226 e. The van der Waals surface area contributed by atoms with Gasteiger partial charge in [0.1, 0.15) is 5.82 Å². The Labute approximate surface area is 109 Å². The highest BCUT2D eigenvalue weighted by Crippen LogP contribution is 2.10. The van der Waals surface area contributed by atoms with Gasteiger partial charge in [-0.1, -0.05) is 13.8 Å². The number of nitrogens with zero attached hydrogens (tertiary/aromatic N) is 2. The van der Waals surface area contributed by atoms with Crippen LogP contribution in [0.1, 0.15) is 13.8 Å². The Bertz CT molecular complexity index is 373. The molecule has 0 aromatic carbocycles. The Balaban J connectivity index is 2.45. The number of anilines is 2. The van der Waals surface area contributed by atoms with Gasteiger partial charge in [-0.3, -0.25) is 4.79 Å². The summed E-state index contributed by atoms with van der Waals surface area (Å²) < 4.78 is 0. The van der Waals surface area contributed by atoms with Crippen molar-refractivity contribution < 1.29 is 4.79 Å². The number of likely N-dealkylation sites (N-methyl/N-ethyl adjacent to an activating group) is 1. The Morgan fingerprint density at radius 1 is 1.39 bits per heavy atom. The van der Waals surface area contributed by atoms with Crippen LogP contribution in [0.3, 0.4) is 0 Å². The maximum atomic E-state index is 11.5. The molecular formula is C13H22N4O. The monoisotopic (exact) mass is 250 g/mol. The van der Waals surface area contributed by atoms with Crippen LogP contribution >= 0.6 is 0 Å². The third kappa shape index (κ3) is 5.14. The Morgan fingerprint density at radius 3 is 2.61 bits per heavy atom. The van der Waals surface area contributed by atoms with Crippen LogP contribution in [0, 0.1) is 5.92 Å². The van der Waals surface area contributed by atoms with E-state index in [1.54, 1.807) is 6.20 Å². The molecule has 1 aromatic rings. The molecular weight excluding hydrogens is 228 g/mol. The van der Waals surface area contributed by atoms with Crippen molar-refractivity contribution in [3.8, 4) is 0 Å². The molecule has 0 aliphatic rings. The fourth-order valence-corrected chi connectivity index (χ4v) is 1.27. The van der Waals surface area contributed by atoms with E-state index in [0.717, 1.165) is 24.6 Å². The van der Waals surface area contributed by atoms with Gasteiger partial charge in [0.25, 0.3) is 0 Å². The van der Waals surface area contributed by atoms with Gasteiger partial charge >= 0.3 is 0 Å². The molecule has 1 amide bonds. The lowest BCUT2D eigenvalue weighted by Crippen LogP contribution is -2.21. The van der Waals surface area contributed by atoms with E-state index in [-0.39, 0.29) is 11.8 Å². The van der Waals surface area contributed by atoms with Crippen molar-refractivity contribution in [2.45, 2.75) is 13.8 Å². The van der Waals surface area contributed by atoms with Crippen LogP contribution in [-0.4, -0.2) is 43.0 Å². The Hall–Kier alpha value is -1.62. The van der Waals surface area contributed by atoms with Gasteiger partial charge in [0, 0.05) is 19.0 Å². The summed E-state index contributed by atoms with van der Waals surface area (Å²) in [5.41, 5.74) is 0.729. The molecule has 0 unspecified atom stereocenters. The first-order valence-electron chi connectivity index (χ1n) is 6.14. The molecule has 1 heterocycles. The van der Waals surface area contributed by atoms with Crippen LogP contribution in [0.5, 0.6) is 0 Å². The van der Waals surface area contributed by atoms with Crippen molar-refractivity contribution in [2.24, 2.45) is 5.92 Å². The zero-order valence-corrected chi connectivity index (χ0v) is 11.5. The second-order valence-electron chi connectivity index (χ2n) is 4.81. The molecule has 5 heteroatoms. The van der Waals surface area contributed by atoms with E-state index in [2.05, 4.69) is 20.5 Å². The molecule has 5 nitrogen and oxygen atoms in total. The fourth-order valence-electron chi connectivity index (χ4n) is 1.27. The normalized spacial score (nSPS) is 10.8. The summed E-state index contributed by atoms with van der Waals surface area (Å²) in [5.74, 6) is 0.799. The van der Waals surface area contributed by atoms with Gasteiger partial charge in [0.2, 0.25) is 5.91 Å². The van der Waals surface area contributed by atoms with E-state index in [4.69, 9.17) is 0 Å². The number of pyridine rings is 1. The van der Waals surface area contributed by atoms with Crippen LogP contribution in [0.2, 0.25) is 0 Å². The highest BCUT2D eigenvalue weighted by Gasteiger charge is 2.06. The molecule has 1 aromatic heterocycles. The van der Waals surface area contributed by atoms with Crippen molar-refractivity contribution in [1.82, 2.24) is 9.88 Å². The van der Waals surface area contributed by atoms with Crippen molar-refractivity contribution in [3.63, 3.8) is 0 Å². The fraction of sp³-hybridized carbons (Fsp3) is 0.538. The molecule has 100 valence electrons. The van der Waals surface area contributed by atoms with Gasteiger partial charge in [-0.05, 0) is 26.2 Å². The van der Waals surface area contributed by atoms with E-state index in [1.165, 1.54) is 0 Å². The molecule has 0 atom stereocenters. The average Bonchev–Trinajstić information content (AvgIpc) is 2.30. The van der Waals surface area contributed by atoms with Gasteiger partial charge in [-0.2, -0.15) is 0 Å². The number of rotatable bonds is 6. The minimum Gasteiger partial charge on any atom is -0.369 e. The molecule has 0 saturated carbocycles. The molecule has 0 radical (unpaired) electrons. The summed E-state index contributed by atoms with van der Waals surface area (Å²) in [6.45, 7) is 5.52. The minimum atomic E-state index is -0.0251. The van der Waals surface area contributed by atoms with Gasteiger partial charge in [-0.25, -0.2) is 4.98 Å². The Morgan fingerprint density at radius 2 is 2.11 bits per heavy atom. The predicted octanol–water partition coefficient (Wildman–Crippen LogP) is 1.65. The predicted molar refractivity (Wildman–Crippen MR) is 74.7 cm³/mol. The second kappa shape index (κ2) is 6.96. The first kappa shape index (κ1) is 14.4. The number of carbonyl (C=O) groups is 1. The quantitative estimate of drug-likeness (QED) is 0.806. The Kier molecular flexibility index (Phi) is 5.58. The van der Waals surface area contributed by atoms with Gasteiger partial charge < -0.3 is 15.5 Å². The molecule has 0 fully saturated rings. The summed E-state index contributed by atoms with van der Waals surface area (Å²) in [5, 5.41) is 6.02. The highest BCUT2D eigenvalue weighted by molar-refractivity contribution is 5.91. The highest BCUT2D eigenvalue weighted by atomic mass is 16.1. The topological polar surface area (TPSA) is 57.3 Å². The number of hydrogen-bond donors (Lipinski definition) is 2. The number of hydrogen-bond acceptors (Lipinski definition) is 4. The van der Waals surface area contributed by atoms with Crippen LogP contribution in [0.25, 0.3) is 0 Å². The molecule has 0 bridgehead atoms. The maximum Gasteiger partial charge on any atom is 0.226 e. The zero-order valence-electron chi connectivity index (χ0n) is 11.5. The van der Waals surface area contributed by atoms with Gasteiger partial charge in [0.15, 0.2) is 0 Å². The van der Waals surface area contributed by atoms with E-state index in [1.807, 2.05) is 40.1 Å². The lowest BCUT2D eigenvalue weighted by Gasteiger charge is -2.11. The standard InChI is InChI=1S/C13H22N4O/c1-10(2)13(18)16-11-5-6-12(15-9-11)14-7-8-17(3)4/h5-6,9-10H,7-8H2,1-4H3,(H,14,15)(H,16,18). The van der Waals surface area contributed by atoms with Crippen molar-refractivity contribution in [1.29, 1.82) is 0 Å². The number of amides is 1. The van der Waals surface area contributed by atoms with Crippen LogP contribution in [0.4, 0.5) is 11.5 Å². The second-order valence-corrected chi connectivity index (χ2v) is 4.81. The first-order chi connectivity index (χ1) is 8.49. The largest absolute Gasteiger partial charge is 0.369 e. The van der Waals surface area contributed by atoms with E-state index in [0.29, 0.717) is 0 Å². The minimum absolute atomic E-state index is 0.00474. The van der Waals surface area contributed by atoms with E-state index < -0.39 is 0 Å². The van der Waals surface area contributed by atoms with Crippen molar-refractivity contribution >= 4 is 17.4 Å². The maximum absolute atomic E-state index is 11.5. The van der Waals surface area contributed by atoms with Crippen molar-refractivity contribution in [3.05, 3.63) is 18.3 Å². The molecule has 18 heavy (non-hydrogen) atoms. The summed E-state index contributed by atoms with van der Waals surface area (Å²) in [4.78, 5) is 17.8. The number of aromatic nitrogens is 1. The van der Waals surface area contributed by atoms with E-state index >= 15 is 0 Å². The summed E-state index contributed by atoms with van der Waals surface area (Å²) in [6.07, 6.45) is 1.66. The van der Waals surface area contributed by atoms with Crippen LogP contribution < -0.4 is 10.6 Å². The molecule has 2 N–H and O–H groups in total. The zero-order chi connectivity index (χ0) is 13.5. The number of nitrogens with one attached hydrogen (secondary N) is 2. The first-order valence-corrected chi connectivity index (χ1v) is 6.14. The third-order valence-corrected chi connectivity index (χ3v) is 2.42. The number of carbonyl (C=O) groups excluding carboxylic acids is 1. The average molecular weight is 250 g/mol. The van der Waals surface area contributed by atoms with Gasteiger partial charge in [0.05, 0.1) is 11.9 Å². The molecule has 1 rings (SSSR count). The van der Waals surface area contributed by atoms with Crippen molar-refractivity contribution in [2.75, 3.05) is 37.8 Å². The molecule has 0 spiro atoms. The SMILES string of the molecule is CC(C)C(=O)Nc1ccc(NCCN(C)C)nc1. The summed E-state index contributed by atoms with van der Waals surface area (Å²) in [7, 11) is 4.05. The molecule has 0 aliphatic heterocycles.